The molecule has 1 N–H and O–H groups in total. The second-order valence-corrected chi connectivity index (χ2v) is 9.21. The van der Waals surface area contributed by atoms with Crippen LogP contribution in [-0.2, 0) is 24.3 Å². The number of esters is 1. The van der Waals surface area contributed by atoms with Crippen LogP contribution in [-0.4, -0.2) is 27.3 Å². The Bertz CT molecular complexity index is 1040. The molecule has 3 rings (SSSR count). The topological polar surface area (TPSA) is 90.9 Å². The highest BCUT2D eigenvalue weighted by molar-refractivity contribution is 7.89. The van der Waals surface area contributed by atoms with Gasteiger partial charge in [-0.05, 0) is 36.8 Å². The third kappa shape index (κ3) is 5.40. The van der Waals surface area contributed by atoms with E-state index in [4.69, 9.17) is 14.2 Å². The molecular weight excluding hydrogens is 406 g/mol. The minimum absolute atomic E-state index is 0.135. The van der Waals surface area contributed by atoms with Gasteiger partial charge in [-0.3, -0.25) is 0 Å². The van der Waals surface area contributed by atoms with Crippen LogP contribution in [0.25, 0.3) is 0 Å². The number of cyclic esters (lactones) is 1. The fourth-order valence-electron chi connectivity index (χ4n) is 3.11. The van der Waals surface area contributed by atoms with Gasteiger partial charge in [0.15, 0.2) is 0 Å². The summed E-state index contributed by atoms with van der Waals surface area (Å²) in [5, 5.41) is 0. The molecule has 0 aromatic heterocycles. The lowest BCUT2D eigenvalue weighted by atomic mass is 10.0. The van der Waals surface area contributed by atoms with Crippen LogP contribution in [0.3, 0.4) is 0 Å². The molecule has 0 spiro atoms. The van der Waals surface area contributed by atoms with E-state index >= 15 is 0 Å². The predicted octanol–water partition coefficient (Wildman–Crippen LogP) is 3.61. The lowest BCUT2D eigenvalue weighted by molar-refractivity contribution is -0.206. The lowest BCUT2D eigenvalue weighted by Gasteiger charge is -2.32. The SMILES string of the molecule is COc1ccc(C(CC2=CC(=O)OC(C)(C)O2)NS(=O)(=O)c2ccc(C)cc2)cc1. The first-order valence-corrected chi connectivity index (χ1v) is 10.9. The summed E-state index contributed by atoms with van der Waals surface area (Å²) in [7, 11) is -2.26. The van der Waals surface area contributed by atoms with E-state index in [0.29, 0.717) is 17.1 Å². The Balaban J connectivity index is 1.93. The number of carbonyl (C=O) groups is 1. The minimum Gasteiger partial charge on any atom is -0.497 e. The molecule has 0 bridgehead atoms. The molecule has 30 heavy (non-hydrogen) atoms. The van der Waals surface area contributed by atoms with Gasteiger partial charge in [0, 0.05) is 20.3 Å². The minimum atomic E-state index is -3.81. The van der Waals surface area contributed by atoms with E-state index in [1.807, 2.05) is 6.92 Å². The van der Waals surface area contributed by atoms with Gasteiger partial charge in [0.05, 0.1) is 24.1 Å². The Hall–Kier alpha value is -2.84. The molecule has 7 nitrogen and oxygen atoms in total. The summed E-state index contributed by atoms with van der Waals surface area (Å²) in [5.74, 6) is -0.668. The Morgan fingerprint density at radius 2 is 1.67 bits per heavy atom. The smallest absolute Gasteiger partial charge is 0.337 e. The molecule has 1 atom stereocenters. The van der Waals surface area contributed by atoms with Crippen LogP contribution in [0, 0.1) is 6.92 Å². The van der Waals surface area contributed by atoms with Crippen LogP contribution in [0.15, 0.2) is 65.3 Å². The first kappa shape index (κ1) is 21.9. The van der Waals surface area contributed by atoms with Crippen molar-refractivity contribution in [1.82, 2.24) is 4.72 Å². The van der Waals surface area contributed by atoms with Crippen molar-refractivity contribution in [3.8, 4) is 5.75 Å². The van der Waals surface area contributed by atoms with E-state index in [0.717, 1.165) is 5.56 Å². The van der Waals surface area contributed by atoms with Crippen LogP contribution >= 0.6 is 0 Å². The highest BCUT2D eigenvalue weighted by atomic mass is 32.2. The summed E-state index contributed by atoms with van der Waals surface area (Å²) >= 11 is 0. The van der Waals surface area contributed by atoms with Crippen molar-refractivity contribution in [3.05, 3.63) is 71.5 Å². The first-order chi connectivity index (χ1) is 14.1. The maximum atomic E-state index is 13.0. The van der Waals surface area contributed by atoms with E-state index < -0.39 is 27.8 Å². The number of aryl methyl sites for hydroxylation is 1. The summed E-state index contributed by atoms with van der Waals surface area (Å²) in [6, 6.07) is 13.0. The molecule has 1 aliphatic heterocycles. The summed E-state index contributed by atoms with van der Waals surface area (Å²) < 4.78 is 44.8. The van der Waals surface area contributed by atoms with Gasteiger partial charge in [-0.25, -0.2) is 17.9 Å². The number of sulfonamides is 1. The molecule has 0 radical (unpaired) electrons. The number of carbonyl (C=O) groups excluding carboxylic acids is 1. The quantitative estimate of drug-likeness (QED) is 0.674. The van der Waals surface area contributed by atoms with Crippen LogP contribution < -0.4 is 9.46 Å². The van der Waals surface area contributed by atoms with Crippen molar-refractivity contribution in [1.29, 1.82) is 0 Å². The number of nitrogens with one attached hydrogen (secondary N) is 1. The summed E-state index contributed by atoms with van der Waals surface area (Å²) in [6.45, 7) is 5.13. The van der Waals surface area contributed by atoms with Gasteiger partial charge in [-0.2, -0.15) is 0 Å². The van der Waals surface area contributed by atoms with Crippen LogP contribution in [0.4, 0.5) is 0 Å². The molecule has 8 heteroatoms. The summed E-state index contributed by atoms with van der Waals surface area (Å²) in [5.41, 5.74) is 1.66. The summed E-state index contributed by atoms with van der Waals surface area (Å²) in [4.78, 5) is 12.1. The average Bonchev–Trinajstić information content (AvgIpc) is 2.66. The molecule has 2 aromatic carbocycles. The monoisotopic (exact) mass is 431 g/mol. The zero-order chi connectivity index (χ0) is 21.9. The number of methoxy groups -OCH3 is 1. The highest BCUT2D eigenvalue weighted by Crippen LogP contribution is 2.31. The second kappa shape index (κ2) is 8.49. The molecule has 0 saturated heterocycles. The number of hydrogen-bond donors (Lipinski definition) is 1. The molecule has 0 saturated carbocycles. The highest BCUT2D eigenvalue weighted by Gasteiger charge is 2.32. The van der Waals surface area contributed by atoms with Gasteiger partial charge in [0.25, 0.3) is 0 Å². The fraction of sp³-hybridized carbons (Fsp3) is 0.318. The second-order valence-electron chi connectivity index (χ2n) is 7.50. The van der Waals surface area contributed by atoms with E-state index in [1.54, 1.807) is 69.5 Å². The van der Waals surface area contributed by atoms with Gasteiger partial charge in [-0.15, -0.1) is 0 Å². The van der Waals surface area contributed by atoms with Crippen molar-refractivity contribution in [3.63, 3.8) is 0 Å². The molecule has 160 valence electrons. The molecule has 1 unspecified atom stereocenters. The zero-order valence-electron chi connectivity index (χ0n) is 17.3. The average molecular weight is 432 g/mol. The number of ether oxygens (including phenoxy) is 3. The van der Waals surface area contributed by atoms with Gasteiger partial charge in [0.1, 0.15) is 11.5 Å². The molecule has 0 fully saturated rings. The Morgan fingerprint density at radius 1 is 1.03 bits per heavy atom. The van der Waals surface area contributed by atoms with Crippen molar-refractivity contribution in [2.45, 2.75) is 43.9 Å². The largest absolute Gasteiger partial charge is 0.497 e. The van der Waals surface area contributed by atoms with Gasteiger partial charge >= 0.3 is 5.97 Å². The first-order valence-electron chi connectivity index (χ1n) is 9.43. The van der Waals surface area contributed by atoms with Crippen LogP contribution in [0.1, 0.15) is 37.4 Å². The Morgan fingerprint density at radius 3 is 2.23 bits per heavy atom. The molecule has 1 heterocycles. The Kier molecular flexibility index (Phi) is 6.19. The molecule has 0 aliphatic carbocycles. The number of rotatable bonds is 7. The van der Waals surface area contributed by atoms with E-state index in [2.05, 4.69) is 4.72 Å². The van der Waals surface area contributed by atoms with Crippen molar-refractivity contribution in [2.24, 2.45) is 0 Å². The maximum Gasteiger partial charge on any atom is 0.337 e. The predicted molar refractivity (Wildman–Crippen MR) is 111 cm³/mol. The molecule has 0 amide bonds. The molecule has 2 aromatic rings. The van der Waals surface area contributed by atoms with Crippen LogP contribution in [0.2, 0.25) is 0 Å². The van der Waals surface area contributed by atoms with Crippen LogP contribution in [0.5, 0.6) is 5.75 Å². The summed E-state index contributed by atoms with van der Waals surface area (Å²) in [6.07, 6.45) is 1.37. The lowest BCUT2D eigenvalue weighted by Crippen LogP contribution is -2.36. The van der Waals surface area contributed by atoms with Gasteiger partial charge < -0.3 is 14.2 Å². The van der Waals surface area contributed by atoms with Gasteiger partial charge in [-0.1, -0.05) is 29.8 Å². The zero-order valence-corrected chi connectivity index (χ0v) is 18.2. The van der Waals surface area contributed by atoms with Crippen molar-refractivity contribution < 1.29 is 27.4 Å². The normalized spacial score (nSPS) is 16.8. The maximum absolute atomic E-state index is 13.0. The van der Waals surface area contributed by atoms with Gasteiger partial charge in [0.2, 0.25) is 15.8 Å². The standard InChI is InChI=1S/C22H25NO6S/c1-15-5-11-19(12-6-15)30(25,26)23-20(16-7-9-17(27-4)10-8-16)13-18-14-21(24)29-22(2,3)28-18/h5-12,14,20,23H,13H2,1-4H3. The molecule has 1 aliphatic rings. The third-order valence-electron chi connectivity index (χ3n) is 4.55. The fourth-order valence-corrected chi connectivity index (χ4v) is 4.33. The van der Waals surface area contributed by atoms with E-state index in [-0.39, 0.29) is 11.3 Å². The van der Waals surface area contributed by atoms with E-state index in [1.165, 1.54) is 6.08 Å². The van der Waals surface area contributed by atoms with Crippen molar-refractivity contribution in [2.75, 3.05) is 7.11 Å². The van der Waals surface area contributed by atoms with Crippen molar-refractivity contribution >= 4 is 16.0 Å². The third-order valence-corrected chi connectivity index (χ3v) is 6.04. The number of hydrogen-bond acceptors (Lipinski definition) is 6. The Labute approximate surface area is 176 Å². The molecular formula is C22H25NO6S. The van der Waals surface area contributed by atoms with E-state index in [9.17, 15) is 13.2 Å². The number of benzene rings is 2.